The van der Waals surface area contributed by atoms with Gasteiger partial charge in [0.2, 0.25) is 10.0 Å². The van der Waals surface area contributed by atoms with Crippen LogP contribution in [0, 0.1) is 11.3 Å². The van der Waals surface area contributed by atoms with Crippen LogP contribution in [0.2, 0.25) is 0 Å². The van der Waals surface area contributed by atoms with Crippen molar-refractivity contribution in [2.75, 3.05) is 0 Å². The van der Waals surface area contributed by atoms with Crippen LogP contribution in [0.15, 0.2) is 47.6 Å². The van der Waals surface area contributed by atoms with Gasteiger partial charge in [-0.2, -0.15) is 5.26 Å². The molecular weight excluding hydrogens is 276 g/mol. The summed E-state index contributed by atoms with van der Waals surface area (Å²) in [6, 6.07) is 9.37. The highest BCUT2D eigenvalue weighted by molar-refractivity contribution is 7.89. The summed E-state index contributed by atoms with van der Waals surface area (Å²) in [5.74, 6) is 0. The maximum atomic E-state index is 12.2. The first kappa shape index (κ1) is 14.1. The summed E-state index contributed by atoms with van der Waals surface area (Å²) in [5.41, 5.74) is 0.791. The highest BCUT2D eigenvalue weighted by atomic mass is 32.2. The Bertz CT molecular complexity index is 721. The Labute approximate surface area is 117 Å². The maximum absolute atomic E-state index is 12.2. The van der Waals surface area contributed by atoms with Crippen LogP contribution >= 0.6 is 0 Å². The number of aromatic nitrogens is 2. The molecule has 2 aromatic heterocycles. The molecule has 0 aliphatic heterocycles. The zero-order valence-electron chi connectivity index (χ0n) is 10.7. The van der Waals surface area contributed by atoms with Gasteiger partial charge in [0.15, 0.2) is 0 Å². The second-order valence-electron chi connectivity index (χ2n) is 4.09. The molecule has 2 heterocycles. The Kier molecular flexibility index (Phi) is 4.08. The number of nitrogens with one attached hydrogen (secondary N) is 1. The maximum Gasteiger partial charge on any atom is 0.242 e. The minimum absolute atomic E-state index is 0.0132. The second-order valence-corrected chi connectivity index (χ2v) is 5.80. The van der Waals surface area contributed by atoms with Crippen LogP contribution in [0.25, 0.3) is 0 Å². The molecule has 2 aromatic rings. The molecule has 7 heteroatoms. The molecule has 0 aliphatic rings. The quantitative estimate of drug-likeness (QED) is 0.917. The van der Waals surface area contributed by atoms with Crippen molar-refractivity contribution in [1.29, 1.82) is 5.26 Å². The highest BCUT2D eigenvalue weighted by Gasteiger charge is 2.19. The fourth-order valence-electron chi connectivity index (χ4n) is 1.60. The zero-order valence-corrected chi connectivity index (χ0v) is 11.5. The molecule has 0 aromatic carbocycles. The van der Waals surface area contributed by atoms with Crippen molar-refractivity contribution in [3.05, 3.63) is 54.1 Å². The summed E-state index contributed by atoms with van der Waals surface area (Å²) in [6.45, 7) is 1.71. The van der Waals surface area contributed by atoms with Crippen molar-refractivity contribution >= 4 is 10.0 Å². The predicted molar refractivity (Wildman–Crippen MR) is 71.9 cm³/mol. The van der Waals surface area contributed by atoms with Gasteiger partial charge < -0.3 is 0 Å². The van der Waals surface area contributed by atoms with Crippen molar-refractivity contribution < 1.29 is 8.42 Å². The van der Waals surface area contributed by atoms with Crippen LogP contribution in [0.3, 0.4) is 0 Å². The van der Waals surface area contributed by atoms with Crippen LogP contribution in [-0.2, 0) is 10.0 Å². The summed E-state index contributed by atoms with van der Waals surface area (Å²) in [6.07, 6.45) is 2.76. The molecule has 1 N–H and O–H groups in total. The number of hydrogen-bond acceptors (Lipinski definition) is 5. The van der Waals surface area contributed by atoms with Gasteiger partial charge in [0, 0.05) is 12.4 Å². The van der Waals surface area contributed by atoms with E-state index in [2.05, 4.69) is 14.7 Å². The molecule has 20 heavy (non-hydrogen) atoms. The Hall–Kier alpha value is -2.30. The van der Waals surface area contributed by atoms with Gasteiger partial charge in [0.1, 0.15) is 16.7 Å². The van der Waals surface area contributed by atoms with Gasteiger partial charge in [-0.15, -0.1) is 0 Å². The molecule has 0 bridgehead atoms. The summed E-state index contributed by atoms with van der Waals surface area (Å²) >= 11 is 0. The van der Waals surface area contributed by atoms with Crippen LogP contribution < -0.4 is 4.72 Å². The van der Waals surface area contributed by atoms with Gasteiger partial charge in [-0.05, 0) is 31.2 Å². The highest BCUT2D eigenvalue weighted by Crippen LogP contribution is 2.14. The lowest BCUT2D eigenvalue weighted by molar-refractivity contribution is 0.563. The Balaban J connectivity index is 2.21. The monoisotopic (exact) mass is 288 g/mol. The fraction of sp³-hybridized carbons (Fsp3) is 0.154. The van der Waals surface area contributed by atoms with Gasteiger partial charge in [-0.1, -0.05) is 6.07 Å². The largest absolute Gasteiger partial charge is 0.260 e. The third kappa shape index (κ3) is 3.17. The Morgan fingerprint density at radius 2 is 2.05 bits per heavy atom. The number of pyridine rings is 2. The molecular formula is C13H12N4O2S. The molecule has 0 fully saturated rings. The predicted octanol–water partition coefficient (Wildman–Crippen LogP) is 1.39. The van der Waals surface area contributed by atoms with E-state index in [9.17, 15) is 8.42 Å². The average molecular weight is 288 g/mol. The van der Waals surface area contributed by atoms with Gasteiger partial charge in [0.25, 0.3) is 0 Å². The average Bonchev–Trinajstić information content (AvgIpc) is 2.48. The van der Waals surface area contributed by atoms with Gasteiger partial charge >= 0.3 is 0 Å². The number of nitrogens with zero attached hydrogens (tertiary/aromatic N) is 3. The third-order valence-electron chi connectivity index (χ3n) is 2.62. The Morgan fingerprint density at radius 3 is 2.60 bits per heavy atom. The first-order valence-electron chi connectivity index (χ1n) is 5.82. The minimum atomic E-state index is -3.69. The molecule has 0 aliphatic carbocycles. The van der Waals surface area contributed by atoms with Crippen LogP contribution in [0.4, 0.5) is 0 Å². The molecule has 102 valence electrons. The van der Waals surface area contributed by atoms with Gasteiger partial charge in [-0.25, -0.2) is 18.1 Å². The van der Waals surface area contributed by atoms with Crippen LogP contribution in [0.5, 0.6) is 0 Å². The van der Waals surface area contributed by atoms with Crippen molar-refractivity contribution in [3.8, 4) is 6.07 Å². The van der Waals surface area contributed by atoms with Crippen molar-refractivity contribution in [3.63, 3.8) is 0 Å². The van der Waals surface area contributed by atoms with Crippen molar-refractivity contribution in [2.24, 2.45) is 0 Å². The van der Waals surface area contributed by atoms with Gasteiger partial charge in [0.05, 0.1) is 11.7 Å². The molecule has 1 unspecified atom stereocenters. The van der Waals surface area contributed by atoms with E-state index in [1.54, 1.807) is 31.3 Å². The van der Waals surface area contributed by atoms with E-state index < -0.39 is 16.1 Å². The Morgan fingerprint density at radius 1 is 1.25 bits per heavy atom. The number of hydrogen-bond donors (Lipinski definition) is 1. The third-order valence-corrected chi connectivity index (χ3v) is 4.15. The fourth-order valence-corrected chi connectivity index (χ4v) is 2.76. The topological polar surface area (TPSA) is 95.7 Å². The van der Waals surface area contributed by atoms with Crippen molar-refractivity contribution in [2.45, 2.75) is 17.9 Å². The summed E-state index contributed by atoms with van der Waals surface area (Å²) in [5, 5.41) is 8.64. The van der Waals surface area contributed by atoms with E-state index >= 15 is 0 Å². The lowest BCUT2D eigenvalue weighted by Gasteiger charge is -2.13. The van der Waals surface area contributed by atoms with E-state index in [0.717, 1.165) is 6.20 Å². The summed E-state index contributed by atoms with van der Waals surface area (Å²) in [7, 11) is -3.69. The molecule has 6 nitrogen and oxygen atoms in total. The first-order chi connectivity index (χ1) is 9.53. The lowest BCUT2D eigenvalue weighted by atomic mass is 10.2. The van der Waals surface area contributed by atoms with Crippen LogP contribution in [-0.4, -0.2) is 18.4 Å². The standard InChI is InChI=1S/C13H12N4O2S/c1-10(13-4-2-3-7-15-13)17-20(18,19)12-6-5-11(8-14)16-9-12/h2-7,9-10,17H,1H3. The van der Waals surface area contributed by atoms with E-state index in [1.165, 1.54) is 12.1 Å². The molecule has 1 atom stereocenters. The lowest BCUT2D eigenvalue weighted by Crippen LogP contribution is -2.27. The summed E-state index contributed by atoms with van der Waals surface area (Å²) < 4.78 is 26.8. The number of rotatable bonds is 4. The smallest absolute Gasteiger partial charge is 0.242 e. The number of sulfonamides is 1. The summed E-state index contributed by atoms with van der Waals surface area (Å²) in [4.78, 5) is 7.86. The van der Waals surface area contributed by atoms with Gasteiger partial charge in [-0.3, -0.25) is 4.98 Å². The molecule has 0 saturated heterocycles. The van der Waals surface area contributed by atoms with Crippen LogP contribution in [0.1, 0.15) is 24.4 Å². The first-order valence-corrected chi connectivity index (χ1v) is 7.30. The normalized spacial score (nSPS) is 12.6. The number of nitriles is 1. The van der Waals surface area contributed by atoms with Crippen molar-refractivity contribution in [1.82, 2.24) is 14.7 Å². The van der Waals surface area contributed by atoms with E-state index in [0.29, 0.717) is 5.69 Å². The van der Waals surface area contributed by atoms with E-state index in [4.69, 9.17) is 5.26 Å². The zero-order chi connectivity index (χ0) is 14.6. The minimum Gasteiger partial charge on any atom is -0.260 e. The second kappa shape index (κ2) is 5.77. The van der Waals surface area contributed by atoms with E-state index in [1.807, 2.05) is 6.07 Å². The molecule has 0 amide bonds. The van der Waals surface area contributed by atoms with E-state index in [-0.39, 0.29) is 10.6 Å². The molecule has 2 rings (SSSR count). The SMILES string of the molecule is CC(NS(=O)(=O)c1ccc(C#N)nc1)c1ccccn1. The molecule has 0 spiro atoms. The molecule has 0 radical (unpaired) electrons. The molecule has 0 saturated carbocycles.